The van der Waals surface area contributed by atoms with Crippen molar-refractivity contribution in [1.82, 2.24) is 9.97 Å². The van der Waals surface area contributed by atoms with E-state index in [1.165, 1.54) is 12.1 Å². The summed E-state index contributed by atoms with van der Waals surface area (Å²) in [4.78, 5) is 15.9. The molecule has 16 heavy (non-hydrogen) atoms. The van der Waals surface area contributed by atoms with Gasteiger partial charge in [0.15, 0.2) is 0 Å². The van der Waals surface area contributed by atoms with E-state index in [4.69, 9.17) is 0 Å². The second kappa shape index (κ2) is 3.99. The fraction of sp³-hybridized carbons (Fsp3) is 0.222. The Morgan fingerprint density at radius 3 is 2.38 bits per heavy atom. The molecule has 0 aliphatic rings. The number of nitrogens with one attached hydrogen (secondary N) is 2. The summed E-state index contributed by atoms with van der Waals surface area (Å²) in [6.45, 7) is 0. The minimum absolute atomic E-state index is 0.0396. The summed E-state index contributed by atoms with van der Waals surface area (Å²) in [6.07, 6.45) is -4.75. The smallest absolute Gasteiger partial charge is 0.323 e. The van der Waals surface area contributed by atoms with Crippen molar-refractivity contribution in [3.63, 3.8) is 0 Å². The topological polar surface area (TPSA) is 68.9 Å². The number of aliphatic hydroxyl groups is 1. The van der Waals surface area contributed by atoms with E-state index in [2.05, 4.69) is 25.9 Å². The van der Waals surface area contributed by atoms with Crippen molar-refractivity contribution < 1.29 is 13.9 Å². The predicted molar refractivity (Wildman–Crippen MR) is 57.6 cm³/mol. The van der Waals surface area contributed by atoms with E-state index in [9.17, 15) is 18.7 Å². The second-order valence-corrected chi connectivity index (χ2v) is 4.13. The van der Waals surface area contributed by atoms with Crippen LogP contribution in [0.1, 0.15) is 11.7 Å². The Morgan fingerprint density at radius 1 is 1.25 bits per heavy atom. The summed E-state index contributed by atoms with van der Waals surface area (Å²) in [7, 11) is 0. The van der Waals surface area contributed by atoms with Crippen LogP contribution >= 0.6 is 15.9 Å². The van der Waals surface area contributed by atoms with Gasteiger partial charge in [-0.1, -0.05) is 15.9 Å². The van der Waals surface area contributed by atoms with Crippen LogP contribution in [0, 0.1) is 0 Å². The zero-order valence-electron chi connectivity index (χ0n) is 7.80. The van der Waals surface area contributed by atoms with Crippen LogP contribution in [0.4, 0.5) is 8.78 Å². The second-order valence-electron chi connectivity index (χ2n) is 3.28. The number of rotatable bonds is 2. The summed E-state index contributed by atoms with van der Waals surface area (Å²) in [5.41, 5.74) is 0.480. The summed E-state index contributed by atoms with van der Waals surface area (Å²) in [5.74, 6) is 0. The average Bonchev–Trinajstić information content (AvgIpc) is 2.54. The van der Waals surface area contributed by atoms with Gasteiger partial charge in [-0.15, -0.1) is 0 Å². The molecule has 0 saturated heterocycles. The molecule has 1 heterocycles. The third kappa shape index (κ3) is 1.88. The molecule has 0 saturated carbocycles. The van der Waals surface area contributed by atoms with Gasteiger partial charge in [0.1, 0.15) is 6.10 Å². The number of aliphatic hydroxyl groups excluding tert-OH is 1. The third-order valence-corrected chi connectivity index (χ3v) is 2.88. The van der Waals surface area contributed by atoms with Crippen molar-refractivity contribution in [2.75, 3.05) is 0 Å². The Bertz CT molecular complexity index is 578. The van der Waals surface area contributed by atoms with Gasteiger partial charge in [-0.3, -0.25) is 0 Å². The largest absolute Gasteiger partial charge is 0.382 e. The van der Waals surface area contributed by atoms with Gasteiger partial charge < -0.3 is 15.1 Å². The standard InChI is InChI=1S/C9H7BrF2N2O2/c10-4-2-6-5(13-9(16)14-6)1-3(4)7(15)8(11)12/h1-2,7-8,15H,(H2,13,14,16). The van der Waals surface area contributed by atoms with Crippen molar-refractivity contribution in [3.05, 3.63) is 32.7 Å². The molecule has 0 bridgehead atoms. The summed E-state index contributed by atoms with van der Waals surface area (Å²) < 4.78 is 25.0. The number of aromatic nitrogens is 2. The first-order valence-corrected chi connectivity index (χ1v) is 5.16. The minimum atomic E-state index is -2.88. The highest BCUT2D eigenvalue weighted by Crippen LogP contribution is 2.30. The molecule has 4 nitrogen and oxygen atoms in total. The number of hydrogen-bond donors (Lipinski definition) is 3. The SMILES string of the molecule is O=c1[nH]c2cc(Br)c(C(O)C(F)F)cc2[nH]1. The maximum Gasteiger partial charge on any atom is 0.323 e. The molecule has 7 heteroatoms. The predicted octanol–water partition coefficient (Wildman–Crippen LogP) is 1.92. The van der Waals surface area contributed by atoms with Gasteiger partial charge in [0, 0.05) is 10.0 Å². The van der Waals surface area contributed by atoms with E-state index in [0.29, 0.717) is 15.5 Å². The van der Waals surface area contributed by atoms with Crippen LogP contribution in [0.15, 0.2) is 21.4 Å². The molecule has 0 aliphatic carbocycles. The van der Waals surface area contributed by atoms with Crippen LogP contribution in [0.2, 0.25) is 0 Å². The van der Waals surface area contributed by atoms with E-state index in [1.54, 1.807) is 0 Å². The van der Waals surface area contributed by atoms with Crippen LogP contribution < -0.4 is 5.69 Å². The molecular weight excluding hydrogens is 286 g/mol. The monoisotopic (exact) mass is 292 g/mol. The number of alkyl halides is 2. The number of hydrogen-bond acceptors (Lipinski definition) is 2. The average molecular weight is 293 g/mol. The molecule has 1 aromatic heterocycles. The van der Waals surface area contributed by atoms with Gasteiger partial charge in [-0.2, -0.15) is 0 Å². The lowest BCUT2D eigenvalue weighted by atomic mass is 10.1. The van der Waals surface area contributed by atoms with Crippen LogP contribution in [0.25, 0.3) is 11.0 Å². The fourth-order valence-corrected chi connectivity index (χ4v) is 2.01. The van der Waals surface area contributed by atoms with Crippen LogP contribution in [-0.4, -0.2) is 21.5 Å². The number of H-pyrrole nitrogens is 2. The first-order valence-electron chi connectivity index (χ1n) is 4.36. The van der Waals surface area contributed by atoms with Crippen molar-refractivity contribution in [2.24, 2.45) is 0 Å². The molecule has 0 amide bonds. The van der Waals surface area contributed by atoms with Crippen molar-refractivity contribution >= 4 is 27.0 Å². The van der Waals surface area contributed by atoms with Crippen molar-refractivity contribution in [2.45, 2.75) is 12.5 Å². The molecule has 2 aromatic rings. The lowest BCUT2D eigenvalue weighted by Gasteiger charge is -2.11. The maximum absolute atomic E-state index is 12.3. The normalized spacial score (nSPS) is 13.6. The number of aromatic amines is 2. The molecular formula is C9H7BrF2N2O2. The van der Waals surface area contributed by atoms with E-state index in [-0.39, 0.29) is 5.56 Å². The van der Waals surface area contributed by atoms with E-state index in [0.717, 1.165) is 0 Å². The highest BCUT2D eigenvalue weighted by atomic mass is 79.9. The number of imidazole rings is 1. The molecule has 0 radical (unpaired) electrons. The molecule has 86 valence electrons. The fourth-order valence-electron chi connectivity index (χ4n) is 1.44. The molecule has 3 N–H and O–H groups in total. The lowest BCUT2D eigenvalue weighted by Crippen LogP contribution is -2.08. The molecule has 0 fully saturated rings. The lowest BCUT2D eigenvalue weighted by molar-refractivity contribution is -0.00611. The molecule has 1 atom stereocenters. The summed E-state index contributed by atoms with van der Waals surface area (Å²) >= 11 is 3.07. The van der Waals surface area contributed by atoms with E-state index >= 15 is 0 Å². The Balaban J connectivity index is 2.61. The quantitative estimate of drug-likeness (QED) is 0.791. The van der Waals surface area contributed by atoms with Gasteiger partial charge in [-0.05, 0) is 12.1 Å². The Hall–Kier alpha value is -1.21. The zero-order chi connectivity index (χ0) is 11.9. The van der Waals surface area contributed by atoms with Crippen LogP contribution in [-0.2, 0) is 0 Å². The van der Waals surface area contributed by atoms with E-state index in [1.807, 2.05) is 0 Å². The first kappa shape index (κ1) is 11.3. The van der Waals surface area contributed by atoms with Gasteiger partial charge in [0.2, 0.25) is 0 Å². The highest BCUT2D eigenvalue weighted by molar-refractivity contribution is 9.10. The molecule has 1 unspecified atom stereocenters. The van der Waals surface area contributed by atoms with Gasteiger partial charge >= 0.3 is 5.69 Å². The van der Waals surface area contributed by atoms with Crippen molar-refractivity contribution in [1.29, 1.82) is 0 Å². The number of fused-ring (bicyclic) bond motifs is 1. The van der Waals surface area contributed by atoms with Crippen molar-refractivity contribution in [3.8, 4) is 0 Å². The molecule has 0 spiro atoms. The van der Waals surface area contributed by atoms with Crippen LogP contribution in [0.5, 0.6) is 0 Å². The maximum atomic E-state index is 12.3. The molecule has 0 aliphatic heterocycles. The number of benzene rings is 1. The van der Waals surface area contributed by atoms with Gasteiger partial charge in [0.05, 0.1) is 11.0 Å². The first-order chi connectivity index (χ1) is 7.49. The Labute approximate surface area is 96.4 Å². The summed E-state index contributed by atoms with van der Waals surface area (Å²) in [5, 5.41) is 9.26. The molecule has 2 rings (SSSR count). The zero-order valence-corrected chi connectivity index (χ0v) is 9.38. The Kier molecular flexibility index (Phi) is 2.81. The van der Waals surface area contributed by atoms with Gasteiger partial charge in [0.25, 0.3) is 6.43 Å². The third-order valence-electron chi connectivity index (χ3n) is 2.19. The molecule has 1 aromatic carbocycles. The number of halogens is 3. The minimum Gasteiger partial charge on any atom is -0.382 e. The van der Waals surface area contributed by atoms with Crippen LogP contribution in [0.3, 0.4) is 0 Å². The van der Waals surface area contributed by atoms with Gasteiger partial charge in [-0.25, -0.2) is 13.6 Å². The van der Waals surface area contributed by atoms with E-state index < -0.39 is 18.2 Å². The Morgan fingerprint density at radius 2 is 1.81 bits per heavy atom. The summed E-state index contributed by atoms with van der Waals surface area (Å²) in [6, 6.07) is 2.78. The highest BCUT2D eigenvalue weighted by Gasteiger charge is 2.22.